The van der Waals surface area contributed by atoms with Gasteiger partial charge in [0, 0.05) is 29.7 Å². The highest BCUT2D eigenvalue weighted by Crippen LogP contribution is 2.31. The van der Waals surface area contributed by atoms with E-state index in [9.17, 15) is 18.0 Å². The summed E-state index contributed by atoms with van der Waals surface area (Å²) >= 11 is 6.09. The second-order valence-electron chi connectivity index (χ2n) is 6.69. The molecular weight excluding hydrogens is 430 g/mol. The smallest absolute Gasteiger partial charge is 0.257 e. The first-order valence-corrected chi connectivity index (χ1v) is 11.4. The summed E-state index contributed by atoms with van der Waals surface area (Å²) in [5.41, 5.74) is 1.45. The van der Waals surface area contributed by atoms with Gasteiger partial charge in [-0.1, -0.05) is 11.6 Å². The predicted molar refractivity (Wildman–Crippen MR) is 117 cm³/mol. The summed E-state index contributed by atoms with van der Waals surface area (Å²) in [6.45, 7) is 2.05. The van der Waals surface area contributed by atoms with Gasteiger partial charge in [0.2, 0.25) is 15.9 Å². The molecule has 0 bridgehead atoms. The molecule has 1 saturated heterocycles. The Morgan fingerprint density at radius 3 is 2.63 bits per heavy atom. The molecule has 0 unspecified atom stereocenters. The summed E-state index contributed by atoms with van der Waals surface area (Å²) in [5.74, 6) is -0.301. The fraction of sp³-hybridized carbons (Fsp3) is 0.300. The molecule has 0 aromatic heterocycles. The van der Waals surface area contributed by atoms with E-state index in [2.05, 4.69) is 10.0 Å². The fourth-order valence-electron chi connectivity index (χ4n) is 3.11. The molecule has 10 heteroatoms. The van der Waals surface area contributed by atoms with Crippen molar-refractivity contribution in [2.24, 2.45) is 0 Å². The van der Waals surface area contributed by atoms with E-state index in [1.165, 1.54) is 26.2 Å². The number of benzene rings is 2. The van der Waals surface area contributed by atoms with Crippen LogP contribution in [0.3, 0.4) is 0 Å². The van der Waals surface area contributed by atoms with Crippen LogP contribution in [0.5, 0.6) is 5.75 Å². The Hall–Kier alpha value is -2.78. The molecule has 0 spiro atoms. The lowest BCUT2D eigenvalue weighted by Gasteiger charge is -2.20. The Morgan fingerprint density at radius 1 is 1.23 bits per heavy atom. The van der Waals surface area contributed by atoms with Crippen molar-refractivity contribution in [3.63, 3.8) is 0 Å². The molecule has 2 amide bonds. The molecule has 0 atom stereocenters. The molecule has 3 rings (SSSR count). The maximum atomic E-state index is 12.9. The first kappa shape index (κ1) is 21.9. The molecule has 30 heavy (non-hydrogen) atoms. The summed E-state index contributed by atoms with van der Waals surface area (Å²) < 4.78 is 31.3. The highest BCUT2D eigenvalue weighted by Gasteiger charge is 2.26. The summed E-state index contributed by atoms with van der Waals surface area (Å²) in [7, 11) is -2.07. The van der Waals surface area contributed by atoms with E-state index in [0.29, 0.717) is 34.9 Å². The van der Waals surface area contributed by atoms with Gasteiger partial charge in [0.05, 0.1) is 29.8 Å². The summed E-state index contributed by atoms with van der Waals surface area (Å²) in [4.78, 5) is 26.6. The molecule has 0 aliphatic carbocycles. The third-order valence-corrected chi connectivity index (χ3v) is 6.20. The number of anilines is 3. The fourth-order valence-corrected chi connectivity index (χ4v) is 3.93. The maximum Gasteiger partial charge on any atom is 0.257 e. The molecular formula is C20H22ClN3O5S. The Balaban J connectivity index is 1.87. The van der Waals surface area contributed by atoms with Crippen LogP contribution in [0.1, 0.15) is 30.1 Å². The van der Waals surface area contributed by atoms with Crippen molar-refractivity contribution >= 4 is 50.5 Å². The maximum absolute atomic E-state index is 12.9. The van der Waals surface area contributed by atoms with Crippen LogP contribution in [0.15, 0.2) is 36.4 Å². The van der Waals surface area contributed by atoms with Crippen molar-refractivity contribution in [2.75, 3.05) is 34.3 Å². The van der Waals surface area contributed by atoms with Crippen LogP contribution in [0.25, 0.3) is 0 Å². The number of carbonyl (C=O) groups excluding carboxylic acids is 2. The lowest BCUT2D eigenvalue weighted by Crippen LogP contribution is -2.27. The Labute approximate surface area is 180 Å². The minimum atomic E-state index is -3.48. The number of rotatable bonds is 7. The van der Waals surface area contributed by atoms with Crippen LogP contribution < -0.4 is 19.7 Å². The molecule has 1 aliphatic heterocycles. The van der Waals surface area contributed by atoms with Crippen molar-refractivity contribution in [1.29, 1.82) is 0 Å². The average Bonchev–Trinajstić information content (AvgIpc) is 3.14. The normalized spacial score (nSPS) is 14.0. The zero-order valence-electron chi connectivity index (χ0n) is 16.6. The van der Waals surface area contributed by atoms with Gasteiger partial charge in [-0.2, -0.15) is 0 Å². The van der Waals surface area contributed by atoms with Gasteiger partial charge in [-0.15, -0.1) is 0 Å². The van der Waals surface area contributed by atoms with E-state index in [4.69, 9.17) is 16.3 Å². The summed E-state index contributed by atoms with van der Waals surface area (Å²) in [6, 6.07) is 9.34. The molecule has 2 N–H and O–H groups in total. The molecule has 8 nitrogen and oxygen atoms in total. The largest absolute Gasteiger partial charge is 0.494 e. The number of hydrogen-bond acceptors (Lipinski definition) is 5. The van der Waals surface area contributed by atoms with Gasteiger partial charge in [-0.3, -0.25) is 14.3 Å². The van der Waals surface area contributed by atoms with Gasteiger partial charge < -0.3 is 15.0 Å². The summed E-state index contributed by atoms with van der Waals surface area (Å²) in [6.07, 6.45) is 1.15. The topological polar surface area (TPSA) is 105 Å². The average molecular weight is 452 g/mol. The standard InChI is InChI=1S/C20H22ClN3O5S/c1-3-30(27,28)23-16-9-7-14(12-18(16)29-2)22-20(26)15-8-6-13(21)11-17(15)24-10-4-5-19(24)25/h6-9,11-12,23H,3-5,10H2,1-2H3,(H,22,26). The number of amides is 2. The van der Waals surface area contributed by atoms with Crippen LogP contribution in [0, 0.1) is 0 Å². The zero-order valence-corrected chi connectivity index (χ0v) is 18.1. The van der Waals surface area contributed by atoms with Gasteiger partial charge in [-0.05, 0) is 43.7 Å². The number of nitrogens with zero attached hydrogens (tertiary/aromatic N) is 1. The van der Waals surface area contributed by atoms with E-state index >= 15 is 0 Å². The number of carbonyl (C=O) groups is 2. The van der Waals surface area contributed by atoms with Gasteiger partial charge in [0.1, 0.15) is 5.75 Å². The van der Waals surface area contributed by atoms with Crippen LogP contribution in [-0.4, -0.2) is 39.6 Å². The first-order valence-electron chi connectivity index (χ1n) is 9.34. The van der Waals surface area contributed by atoms with Crippen molar-refractivity contribution in [1.82, 2.24) is 0 Å². The van der Waals surface area contributed by atoms with Crippen LogP contribution in [-0.2, 0) is 14.8 Å². The summed E-state index contributed by atoms with van der Waals surface area (Å²) in [5, 5.41) is 3.18. The number of ether oxygens (including phenoxy) is 1. The zero-order chi connectivity index (χ0) is 21.9. The van der Waals surface area contributed by atoms with Gasteiger partial charge >= 0.3 is 0 Å². The van der Waals surface area contributed by atoms with Crippen LogP contribution in [0.4, 0.5) is 17.1 Å². The molecule has 1 fully saturated rings. The molecule has 0 radical (unpaired) electrons. The van der Waals surface area contributed by atoms with Crippen LogP contribution in [0.2, 0.25) is 5.02 Å². The quantitative estimate of drug-likeness (QED) is 0.670. The van der Waals surface area contributed by atoms with E-state index in [0.717, 1.165) is 6.42 Å². The van der Waals surface area contributed by atoms with E-state index in [-0.39, 0.29) is 23.1 Å². The Morgan fingerprint density at radius 2 is 2.00 bits per heavy atom. The molecule has 0 saturated carbocycles. The second kappa shape index (κ2) is 8.93. The first-order chi connectivity index (χ1) is 14.2. The Kier molecular flexibility index (Phi) is 6.52. The van der Waals surface area contributed by atoms with E-state index in [1.54, 1.807) is 29.2 Å². The van der Waals surface area contributed by atoms with E-state index < -0.39 is 15.9 Å². The van der Waals surface area contributed by atoms with E-state index in [1.807, 2.05) is 0 Å². The minimum Gasteiger partial charge on any atom is -0.494 e. The lowest BCUT2D eigenvalue weighted by molar-refractivity contribution is -0.117. The Bertz CT molecular complexity index is 1090. The second-order valence-corrected chi connectivity index (χ2v) is 9.13. The van der Waals surface area contributed by atoms with Gasteiger partial charge in [0.25, 0.3) is 5.91 Å². The molecule has 2 aromatic rings. The molecule has 160 valence electrons. The van der Waals surface area contributed by atoms with Gasteiger partial charge in [0.15, 0.2) is 0 Å². The number of halogens is 1. The number of hydrogen-bond donors (Lipinski definition) is 2. The third kappa shape index (κ3) is 4.85. The SMILES string of the molecule is CCS(=O)(=O)Nc1ccc(NC(=O)c2ccc(Cl)cc2N2CCCC2=O)cc1OC. The van der Waals surface area contributed by atoms with Crippen LogP contribution >= 0.6 is 11.6 Å². The number of methoxy groups -OCH3 is 1. The molecule has 2 aromatic carbocycles. The molecule has 1 aliphatic rings. The number of sulfonamides is 1. The van der Waals surface area contributed by atoms with Crippen molar-refractivity contribution in [2.45, 2.75) is 19.8 Å². The molecule has 1 heterocycles. The van der Waals surface area contributed by atoms with Gasteiger partial charge in [-0.25, -0.2) is 8.42 Å². The monoisotopic (exact) mass is 451 g/mol. The number of nitrogens with one attached hydrogen (secondary N) is 2. The minimum absolute atomic E-state index is 0.0550. The van der Waals surface area contributed by atoms with Crippen molar-refractivity contribution in [3.8, 4) is 5.75 Å². The third-order valence-electron chi connectivity index (χ3n) is 4.67. The highest BCUT2D eigenvalue weighted by molar-refractivity contribution is 7.92. The predicted octanol–water partition coefficient (Wildman–Crippen LogP) is 3.49. The highest BCUT2D eigenvalue weighted by atomic mass is 35.5. The van der Waals surface area contributed by atoms with Crippen molar-refractivity contribution in [3.05, 3.63) is 47.0 Å². The van der Waals surface area contributed by atoms with Crippen molar-refractivity contribution < 1.29 is 22.7 Å². The lowest BCUT2D eigenvalue weighted by atomic mass is 10.1.